The van der Waals surface area contributed by atoms with Crippen molar-refractivity contribution in [2.45, 2.75) is 13.8 Å². The molecular formula is C40H33NO2. The molecule has 210 valence electrons. The van der Waals surface area contributed by atoms with Crippen LogP contribution in [0, 0.1) is 0 Å². The lowest BCUT2D eigenvalue weighted by molar-refractivity contribution is -0.111. The minimum absolute atomic E-state index is 0.0258. The second-order valence-electron chi connectivity index (χ2n) is 10.5. The molecule has 0 unspecified atom stereocenters. The van der Waals surface area contributed by atoms with Gasteiger partial charge in [-0.15, -0.1) is 0 Å². The molecule has 0 amide bonds. The van der Waals surface area contributed by atoms with Crippen LogP contribution in [0.5, 0.6) is 0 Å². The monoisotopic (exact) mass is 559 g/mol. The summed E-state index contributed by atoms with van der Waals surface area (Å²) < 4.78 is 5.54. The van der Waals surface area contributed by atoms with Crippen LogP contribution in [0.1, 0.15) is 19.4 Å². The van der Waals surface area contributed by atoms with Gasteiger partial charge < -0.3 is 9.64 Å². The molecule has 0 fully saturated rings. The highest BCUT2D eigenvalue weighted by atomic mass is 16.5. The molecule has 6 rings (SSSR count). The third kappa shape index (κ3) is 5.58. The summed E-state index contributed by atoms with van der Waals surface area (Å²) in [5, 5.41) is 2.04. The molecule has 0 bridgehead atoms. The minimum atomic E-state index is -0.0258. The van der Waals surface area contributed by atoms with Crippen LogP contribution in [-0.2, 0) is 9.53 Å². The summed E-state index contributed by atoms with van der Waals surface area (Å²) in [5.41, 5.74) is 9.25. The zero-order valence-corrected chi connectivity index (χ0v) is 24.6. The van der Waals surface area contributed by atoms with Gasteiger partial charge in [0.1, 0.15) is 5.76 Å². The maximum atomic E-state index is 12.8. The molecule has 0 heterocycles. The third-order valence-corrected chi connectivity index (χ3v) is 7.88. The van der Waals surface area contributed by atoms with E-state index in [2.05, 4.69) is 126 Å². The quantitative estimate of drug-likeness (QED) is 0.137. The molecule has 0 N–H and O–H groups in total. The van der Waals surface area contributed by atoms with Crippen LogP contribution >= 0.6 is 0 Å². The summed E-state index contributed by atoms with van der Waals surface area (Å²) in [5.74, 6) is 0.581. The van der Waals surface area contributed by atoms with E-state index in [9.17, 15) is 4.79 Å². The van der Waals surface area contributed by atoms with Crippen molar-refractivity contribution in [1.82, 2.24) is 0 Å². The lowest BCUT2D eigenvalue weighted by Gasteiger charge is -2.28. The van der Waals surface area contributed by atoms with Crippen molar-refractivity contribution in [1.29, 1.82) is 0 Å². The number of fused-ring (bicyclic) bond motifs is 1. The van der Waals surface area contributed by atoms with Crippen LogP contribution in [0.4, 0.5) is 17.1 Å². The smallest absolute Gasteiger partial charge is 0.163 e. The van der Waals surface area contributed by atoms with Gasteiger partial charge in [-0.3, -0.25) is 4.79 Å². The van der Waals surface area contributed by atoms with E-state index in [0.29, 0.717) is 11.3 Å². The molecule has 3 nitrogen and oxygen atoms in total. The Morgan fingerprint density at radius 3 is 1.47 bits per heavy atom. The van der Waals surface area contributed by atoms with E-state index in [0.717, 1.165) is 44.5 Å². The van der Waals surface area contributed by atoms with Crippen LogP contribution < -0.4 is 4.90 Å². The van der Waals surface area contributed by atoms with Gasteiger partial charge in [0.25, 0.3) is 0 Å². The molecule has 0 saturated carbocycles. The van der Waals surface area contributed by atoms with Crippen LogP contribution in [0.2, 0.25) is 0 Å². The Kier molecular flexibility index (Phi) is 7.88. The van der Waals surface area contributed by atoms with Gasteiger partial charge in [0.2, 0.25) is 0 Å². The van der Waals surface area contributed by atoms with Crippen LogP contribution in [-0.4, -0.2) is 12.9 Å². The second kappa shape index (κ2) is 12.2. The number of carbonyl (C=O) groups excluding carboxylic acids is 1. The maximum Gasteiger partial charge on any atom is 0.163 e. The first kappa shape index (κ1) is 27.7. The number of nitrogens with zero attached hydrogens (tertiary/aromatic N) is 1. The number of ether oxygens (including phenoxy) is 1. The number of hydrogen-bond donors (Lipinski definition) is 0. The molecule has 0 aromatic heterocycles. The van der Waals surface area contributed by atoms with E-state index in [4.69, 9.17) is 4.74 Å². The first-order chi connectivity index (χ1) is 21.0. The summed E-state index contributed by atoms with van der Waals surface area (Å²) in [4.78, 5) is 15.1. The fourth-order valence-corrected chi connectivity index (χ4v) is 5.73. The Labute approximate surface area is 253 Å². The molecule has 0 aliphatic heterocycles. The van der Waals surface area contributed by atoms with Gasteiger partial charge in [0.15, 0.2) is 5.78 Å². The van der Waals surface area contributed by atoms with Gasteiger partial charge in [-0.25, -0.2) is 0 Å². The normalized spacial score (nSPS) is 11.6. The maximum absolute atomic E-state index is 12.8. The number of rotatable bonds is 8. The molecule has 6 aromatic rings. The summed E-state index contributed by atoms with van der Waals surface area (Å²) in [6.45, 7) is 3.43. The summed E-state index contributed by atoms with van der Waals surface area (Å²) in [7, 11) is 1.61. The topological polar surface area (TPSA) is 29.5 Å². The number of ketones is 1. The number of allylic oxidation sites excluding steroid dienone is 2. The number of benzene rings is 6. The Bertz CT molecular complexity index is 1820. The van der Waals surface area contributed by atoms with E-state index in [1.165, 1.54) is 11.1 Å². The van der Waals surface area contributed by atoms with Crippen molar-refractivity contribution in [2.24, 2.45) is 0 Å². The van der Waals surface area contributed by atoms with Crippen LogP contribution in [0.3, 0.4) is 0 Å². The van der Waals surface area contributed by atoms with E-state index >= 15 is 0 Å². The molecule has 0 saturated heterocycles. The average molecular weight is 560 g/mol. The highest BCUT2D eigenvalue weighted by Gasteiger charge is 2.20. The SMILES string of the molecule is CO/C(C)=C(\C(C)=O)c1cccc2c(N(c3ccc(-c4ccccc4)cc3)c3ccc(-c4ccccc4)cc3)cccc12. The van der Waals surface area contributed by atoms with E-state index in [1.54, 1.807) is 14.0 Å². The van der Waals surface area contributed by atoms with Gasteiger partial charge in [-0.2, -0.15) is 0 Å². The Morgan fingerprint density at radius 1 is 0.512 bits per heavy atom. The fourth-order valence-electron chi connectivity index (χ4n) is 5.73. The highest BCUT2D eigenvalue weighted by molar-refractivity contribution is 6.24. The largest absolute Gasteiger partial charge is 0.501 e. The number of carbonyl (C=O) groups is 1. The summed E-state index contributed by atoms with van der Waals surface area (Å²) in [6, 6.07) is 50.6. The first-order valence-corrected chi connectivity index (χ1v) is 14.4. The zero-order valence-electron chi connectivity index (χ0n) is 24.6. The lowest BCUT2D eigenvalue weighted by atomic mass is 9.94. The number of hydrogen-bond acceptors (Lipinski definition) is 3. The van der Waals surface area contributed by atoms with Crippen molar-refractivity contribution in [3.63, 3.8) is 0 Å². The number of anilines is 3. The molecule has 3 heteroatoms. The Hall–Kier alpha value is -5.41. The Morgan fingerprint density at radius 2 is 0.977 bits per heavy atom. The Balaban J connectivity index is 1.53. The van der Waals surface area contributed by atoms with Gasteiger partial charge in [0.05, 0.1) is 18.4 Å². The molecule has 0 aliphatic carbocycles. The first-order valence-electron chi connectivity index (χ1n) is 14.4. The van der Waals surface area contributed by atoms with Crippen LogP contribution in [0.25, 0.3) is 38.6 Å². The standard InChI is InChI=1S/C40H33NO2/c1-28(42)40(29(2)43-3)38-18-10-17-37-36(38)16-11-19-39(37)41(34-24-20-32(21-25-34)30-12-6-4-7-13-30)35-26-22-33(23-27-35)31-14-8-5-9-15-31/h4-27H,1-3H3/b40-29+. The second-order valence-corrected chi connectivity index (χ2v) is 10.5. The molecular weight excluding hydrogens is 526 g/mol. The fraction of sp³-hybridized carbons (Fsp3) is 0.0750. The molecule has 0 spiro atoms. The van der Waals surface area contributed by atoms with Crippen molar-refractivity contribution in [3.8, 4) is 22.3 Å². The van der Waals surface area contributed by atoms with Crippen molar-refractivity contribution in [3.05, 3.63) is 157 Å². The van der Waals surface area contributed by atoms with E-state index in [1.807, 2.05) is 31.2 Å². The third-order valence-electron chi connectivity index (χ3n) is 7.88. The number of methoxy groups -OCH3 is 1. The van der Waals surface area contributed by atoms with Crippen molar-refractivity contribution < 1.29 is 9.53 Å². The van der Waals surface area contributed by atoms with E-state index in [-0.39, 0.29) is 5.78 Å². The van der Waals surface area contributed by atoms with Crippen LogP contribution in [0.15, 0.2) is 151 Å². The molecule has 0 atom stereocenters. The predicted octanol–water partition coefficient (Wildman–Crippen LogP) is 10.6. The van der Waals surface area contributed by atoms with Gasteiger partial charge >= 0.3 is 0 Å². The highest BCUT2D eigenvalue weighted by Crippen LogP contribution is 2.41. The molecule has 43 heavy (non-hydrogen) atoms. The van der Waals surface area contributed by atoms with Crippen molar-refractivity contribution in [2.75, 3.05) is 12.0 Å². The average Bonchev–Trinajstić information content (AvgIpc) is 3.06. The van der Waals surface area contributed by atoms with Gasteiger partial charge in [-0.05, 0) is 77.4 Å². The zero-order chi connectivity index (χ0) is 29.8. The van der Waals surface area contributed by atoms with E-state index < -0.39 is 0 Å². The molecule has 0 radical (unpaired) electrons. The molecule has 6 aromatic carbocycles. The number of Topliss-reactive ketones (excluding diaryl/α,β-unsaturated/α-hetero) is 1. The van der Waals surface area contributed by atoms with Gasteiger partial charge in [-0.1, -0.05) is 115 Å². The summed E-state index contributed by atoms with van der Waals surface area (Å²) in [6.07, 6.45) is 0. The van der Waals surface area contributed by atoms with Gasteiger partial charge in [0, 0.05) is 16.8 Å². The van der Waals surface area contributed by atoms with Crippen molar-refractivity contribution >= 4 is 39.2 Å². The molecule has 0 aliphatic rings. The lowest BCUT2D eigenvalue weighted by Crippen LogP contribution is -2.11. The summed E-state index contributed by atoms with van der Waals surface area (Å²) >= 11 is 0. The predicted molar refractivity (Wildman–Crippen MR) is 180 cm³/mol. The minimum Gasteiger partial charge on any atom is -0.501 e.